The number of carbonyl (C=O) groups is 1. The van der Waals surface area contributed by atoms with Crippen LogP contribution in [0.15, 0.2) is 109 Å². The van der Waals surface area contributed by atoms with Gasteiger partial charge in [-0.05, 0) is 24.6 Å². The molecule has 8 aromatic rings. The van der Waals surface area contributed by atoms with E-state index in [-0.39, 0.29) is 42.5 Å². The van der Waals surface area contributed by atoms with Gasteiger partial charge in [-0.25, -0.2) is 0 Å². The molecule has 0 spiro atoms. The van der Waals surface area contributed by atoms with Crippen molar-refractivity contribution in [3.05, 3.63) is 133 Å². The van der Waals surface area contributed by atoms with Crippen molar-refractivity contribution in [2.75, 3.05) is 0 Å². The topological polar surface area (TPSA) is 88.9 Å². The fourth-order valence-electron chi connectivity index (χ4n) is 6.10. The molecule has 0 aliphatic rings. The van der Waals surface area contributed by atoms with E-state index in [0.717, 1.165) is 55.0 Å². The van der Waals surface area contributed by atoms with Crippen molar-refractivity contribution in [3.63, 3.8) is 0 Å². The van der Waals surface area contributed by atoms with Crippen molar-refractivity contribution in [2.45, 2.75) is 66.2 Å². The van der Waals surface area contributed by atoms with E-state index in [2.05, 4.69) is 114 Å². The van der Waals surface area contributed by atoms with Crippen LogP contribution in [0.3, 0.4) is 0 Å². The molecule has 52 heavy (non-hydrogen) atoms. The molecule has 0 atom stereocenters. The van der Waals surface area contributed by atoms with E-state index in [4.69, 9.17) is 25.0 Å². The minimum Gasteiger partial charge on any atom is -0.512 e. The molecule has 0 bridgehead atoms. The normalized spacial score (nSPS) is 12.0. The van der Waals surface area contributed by atoms with Crippen LogP contribution in [0.2, 0.25) is 0 Å². The zero-order valence-corrected chi connectivity index (χ0v) is 33.2. The summed E-state index contributed by atoms with van der Waals surface area (Å²) >= 11 is 0. The van der Waals surface area contributed by atoms with Gasteiger partial charge in [0.2, 0.25) is 0 Å². The van der Waals surface area contributed by atoms with Crippen LogP contribution in [-0.4, -0.2) is 30.8 Å². The van der Waals surface area contributed by atoms with Gasteiger partial charge in [0.25, 0.3) is 0 Å². The average Bonchev–Trinajstić information content (AvgIpc) is 3.11. The average molecular weight is 863 g/mol. The molecule has 2 heterocycles. The van der Waals surface area contributed by atoms with Crippen LogP contribution in [-0.2, 0) is 35.7 Å². The third-order valence-corrected chi connectivity index (χ3v) is 8.62. The van der Waals surface area contributed by atoms with Gasteiger partial charge in [-0.1, -0.05) is 112 Å². The molecule has 0 unspecified atom stereocenters. The summed E-state index contributed by atoms with van der Waals surface area (Å²) in [5.41, 5.74) is 5.80. The predicted octanol–water partition coefficient (Wildman–Crippen LogP) is 11.1. The van der Waals surface area contributed by atoms with Crippen molar-refractivity contribution in [3.8, 4) is 0 Å². The largest absolute Gasteiger partial charge is 0.512 e. The maximum Gasteiger partial charge on any atom is 0.155 e. The van der Waals surface area contributed by atoms with Gasteiger partial charge >= 0.3 is 0 Å². The van der Waals surface area contributed by atoms with Gasteiger partial charge in [0.15, 0.2) is 5.78 Å². The van der Waals surface area contributed by atoms with E-state index in [1.54, 1.807) is 0 Å². The van der Waals surface area contributed by atoms with Crippen LogP contribution in [0.4, 0.5) is 0 Å². The Balaban J connectivity index is 0.000000168. The summed E-state index contributed by atoms with van der Waals surface area (Å²) in [7, 11) is 0. The molecule has 0 amide bonds. The van der Waals surface area contributed by atoms with E-state index >= 15 is 0 Å². The van der Waals surface area contributed by atoms with Gasteiger partial charge in [-0.15, -0.1) is 59.3 Å². The number of hydrogen-bond donors (Lipinski definition) is 1. The number of benzene rings is 6. The molecule has 6 nitrogen and oxygen atoms in total. The van der Waals surface area contributed by atoms with Crippen LogP contribution in [0.1, 0.15) is 66.8 Å². The summed E-state index contributed by atoms with van der Waals surface area (Å²) in [5.74, 6) is -0.0625. The Morgan fingerprint density at radius 2 is 0.942 bits per heavy atom. The first kappa shape index (κ1) is 38.1. The molecule has 0 aliphatic heterocycles. The minimum atomic E-state index is -0.125. The molecule has 1 radical (unpaired) electrons. The Bertz CT molecular complexity index is 2370. The van der Waals surface area contributed by atoms with Crippen LogP contribution in [0.25, 0.3) is 65.2 Å². The van der Waals surface area contributed by atoms with Crippen LogP contribution < -0.4 is 0 Å². The zero-order chi connectivity index (χ0) is 36.5. The van der Waals surface area contributed by atoms with Crippen molar-refractivity contribution in [2.24, 2.45) is 0 Å². The van der Waals surface area contributed by atoms with Gasteiger partial charge in [0, 0.05) is 60.4 Å². The smallest absolute Gasteiger partial charge is 0.155 e. The van der Waals surface area contributed by atoms with E-state index in [0.29, 0.717) is 0 Å². The second-order valence-electron chi connectivity index (χ2n) is 14.8. The Morgan fingerprint density at radius 3 is 1.27 bits per heavy atom. The van der Waals surface area contributed by atoms with Gasteiger partial charge in [0.1, 0.15) is 0 Å². The number of allylic oxidation sites excluding steroid dienone is 2. The number of ketones is 1. The zero-order valence-electron chi connectivity index (χ0n) is 30.8. The van der Waals surface area contributed by atoms with Gasteiger partial charge in [-0.3, -0.25) is 14.8 Å². The van der Waals surface area contributed by atoms with Crippen LogP contribution >= 0.6 is 0 Å². The molecular formula is C45H42IrN4O2-2. The molecule has 7 heteroatoms. The fraction of sp³-hybridized carbons (Fsp3) is 0.222. The first-order valence-electron chi connectivity index (χ1n) is 17.1. The summed E-state index contributed by atoms with van der Waals surface area (Å²) in [6, 6.07) is 35.7. The number of fused-ring (bicyclic) bond motifs is 12. The molecule has 0 aliphatic carbocycles. The van der Waals surface area contributed by atoms with Gasteiger partial charge in [-0.2, -0.15) is 0 Å². The summed E-state index contributed by atoms with van der Waals surface area (Å²) < 4.78 is 0. The van der Waals surface area contributed by atoms with Crippen molar-refractivity contribution in [1.82, 2.24) is 19.9 Å². The van der Waals surface area contributed by atoms with E-state index in [1.165, 1.54) is 41.5 Å². The van der Waals surface area contributed by atoms with Crippen molar-refractivity contribution >= 4 is 70.9 Å². The first-order valence-corrected chi connectivity index (χ1v) is 17.1. The second-order valence-corrected chi connectivity index (χ2v) is 14.8. The molecule has 0 saturated carbocycles. The monoisotopic (exact) mass is 863 g/mol. The van der Waals surface area contributed by atoms with Gasteiger partial charge < -0.3 is 15.1 Å². The number of nitrogens with zero attached hydrogens (tertiary/aromatic N) is 4. The van der Waals surface area contributed by atoms with Crippen molar-refractivity contribution in [1.29, 1.82) is 0 Å². The number of aromatic nitrogens is 4. The molecule has 6 aromatic carbocycles. The van der Waals surface area contributed by atoms with E-state index in [9.17, 15) is 4.79 Å². The molecule has 1 N–H and O–H groups in total. The number of aliphatic hydroxyl groups excluding tert-OH is 1. The summed E-state index contributed by atoms with van der Waals surface area (Å²) in [5, 5.41) is 17.6. The maximum absolute atomic E-state index is 10.0. The number of carbonyl (C=O) groups excluding carboxylic acids is 1. The summed E-state index contributed by atoms with van der Waals surface area (Å²) in [6.45, 7) is 15.8. The first-order chi connectivity index (χ1) is 24.2. The van der Waals surface area contributed by atoms with Crippen molar-refractivity contribution < 1.29 is 30.0 Å². The Hall–Kier alpha value is -5.10. The number of hydrogen-bond acceptors (Lipinski definition) is 6. The standard InChI is InChI=1S/2C20H17N2.C5H8O2.Ir/c2*1-20(2,3)17-12-21-18-15-10-6-4-8-13(15)14-9-5-7-11-16(14)19(18)22-17;1-4(6)3-5(2)7;/h2*4-9,11-12H,1-3H3;3,6H,1-2H3;/q2*-1;;. The molecule has 8 rings (SSSR count). The Labute approximate surface area is 318 Å². The molecule has 0 saturated heterocycles. The number of aliphatic hydroxyl groups is 1. The summed E-state index contributed by atoms with van der Waals surface area (Å²) in [6.07, 6.45) is 4.97. The Morgan fingerprint density at radius 1 is 0.577 bits per heavy atom. The minimum absolute atomic E-state index is 0. The third-order valence-electron chi connectivity index (χ3n) is 8.62. The van der Waals surface area contributed by atoms with Gasteiger partial charge in [0.05, 0.1) is 28.2 Å². The molecule has 265 valence electrons. The molecular weight excluding hydrogens is 821 g/mol. The fourth-order valence-corrected chi connectivity index (χ4v) is 6.10. The predicted molar refractivity (Wildman–Crippen MR) is 211 cm³/mol. The quantitative estimate of drug-likeness (QED) is 0.0765. The van der Waals surface area contributed by atoms with Crippen LogP contribution in [0.5, 0.6) is 0 Å². The summed E-state index contributed by atoms with van der Waals surface area (Å²) in [4.78, 5) is 29.4. The SMILES string of the molecule is CC(=O)C=C(C)O.CC(C)(C)c1cnc2c3[c-]cccc3c3ccccc3c2n1.CC(C)(C)c1cnc2c3[c-]cccc3c3ccccc3c2n1.[Ir]. The van der Waals surface area contributed by atoms with Crippen LogP contribution in [0, 0.1) is 12.1 Å². The molecule has 0 fully saturated rings. The second kappa shape index (κ2) is 15.2. The molecule has 2 aromatic heterocycles. The van der Waals surface area contributed by atoms with E-state index in [1.807, 2.05) is 36.7 Å². The number of rotatable bonds is 1. The van der Waals surface area contributed by atoms with E-state index < -0.39 is 0 Å². The Kier molecular flexibility index (Phi) is 11.2. The maximum atomic E-state index is 10.0. The third kappa shape index (κ3) is 7.86.